The second-order valence-electron chi connectivity index (χ2n) is 6.72. The number of amides is 1. The number of methoxy groups -OCH3 is 1. The highest BCUT2D eigenvalue weighted by molar-refractivity contribution is 7.00. The van der Waals surface area contributed by atoms with Crippen LogP contribution in [0.15, 0.2) is 42.5 Å². The lowest BCUT2D eigenvalue weighted by molar-refractivity contribution is 0.0948. The first-order valence-corrected chi connectivity index (χ1v) is 10.1. The largest absolute Gasteiger partial charge is 0.495 e. The van der Waals surface area contributed by atoms with E-state index in [4.69, 9.17) is 4.74 Å². The summed E-state index contributed by atoms with van der Waals surface area (Å²) >= 11 is 1.16. The lowest BCUT2D eigenvalue weighted by Crippen LogP contribution is -2.48. The van der Waals surface area contributed by atoms with Crippen molar-refractivity contribution in [2.24, 2.45) is 0 Å². The van der Waals surface area contributed by atoms with Gasteiger partial charge in [-0.1, -0.05) is 12.1 Å². The summed E-state index contributed by atoms with van der Waals surface area (Å²) in [5.74, 6) is 0.845. The molecule has 0 unspecified atom stereocenters. The first-order valence-electron chi connectivity index (χ1n) is 9.35. The van der Waals surface area contributed by atoms with Crippen molar-refractivity contribution in [1.29, 1.82) is 0 Å². The topological polar surface area (TPSA) is 70.6 Å². The predicted molar refractivity (Wildman–Crippen MR) is 111 cm³/mol. The van der Waals surface area contributed by atoms with Crippen LogP contribution in [0.1, 0.15) is 10.4 Å². The van der Waals surface area contributed by atoms with Crippen LogP contribution in [0.3, 0.4) is 0 Å². The summed E-state index contributed by atoms with van der Waals surface area (Å²) in [6, 6.07) is 13.6. The number of para-hydroxylation sites is 2. The number of ether oxygens (including phenoxy) is 1. The van der Waals surface area contributed by atoms with Gasteiger partial charge in [0.25, 0.3) is 5.91 Å². The smallest absolute Gasteiger partial charge is 0.251 e. The van der Waals surface area contributed by atoms with Gasteiger partial charge in [0.15, 0.2) is 0 Å². The standard InChI is InChI=1S/C20H23N5O2S/c1-27-19-5-3-2-4-18(19)25-12-10-24(11-13-25)9-8-21-20(26)15-6-7-16-17(14-15)23-28-22-16/h2-7,14H,8-13H2,1H3,(H,21,26). The number of carbonyl (C=O) groups excluding carboxylic acids is 1. The zero-order valence-electron chi connectivity index (χ0n) is 15.8. The number of piperazine rings is 1. The number of nitrogens with one attached hydrogen (secondary N) is 1. The Labute approximate surface area is 168 Å². The van der Waals surface area contributed by atoms with Gasteiger partial charge in [-0.25, -0.2) is 0 Å². The Kier molecular flexibility index (Phi) is 5.68. The molecule has 8 heteroatoms. The van der Waals surface area contributed by atoms with E-state index in [9.17, 15) is 4.79 Å². The molecule has 0 aliphatic carbocycles. The average Bonchev–Trinajstić information content (AvgIpc) is 3.22. The molecule has 0 bridgehead atoms. The van der Waals surface area contributed by atoms with Crippen LogP contribution in [0, 0.1) is 0 Å². The normalized spacial score (nSPS) is 15.0. The van der Waals surface area contributed by atoms with E-state index in [0.29, 0.717) is 12.1 Å². The fraction of sp³-hybridized carbons (Fsp3) is 0.350. The Balaban J connectivity index is 1.24. The molecule has 1 aromatic heterocycles. The molecule has 0 spiro atoms. The van der Waals surface area contributed by atoms with Crippen LogP contribution in [0.5, 0.6) is 5.75 Å². The van der Waals surface area contributed by atoms with Crippen LogP contribution in [-0.2, 0) is 0 Å². The molecule has 4 rings (SSSR count). The van der Waals surface area contributed by atoms with E-state index in [0.717, 1.165) is 66.9 Å². The number of aromatic nitrogens is 2. The zero-order valence-corrected chi connectivity index (χ0v) is 16.6. The second kappa shape index (κ2) is 8.53. The van der Waals surface area contributed by atoms with Gasteiger partial charge in [0.1, 0.15) is 16.8 Å². The fourth-order valence-corrected chi connectivity index (χ4v) is 3.97. The molecule has 1 saturated heterocycles. The highest BCUT2D eigenvalue weighted by atomic mass is 32.1. The van der Waals surface area contributed by atoms with Crippen LogP contribution < -0.4 is 15.0 Å². The highest BCUT2D eigenvalue weighted by Crippen LogP contribution is 2.28. The first kappa shape index (κ1) is 18.6. The minimum Gasteiger partial charge on any atom is -0.495 e. The molecule has 0 atom stereocenters. The van der Waals surface area contributed by atoms with Gasteiger partial charge in [0.05, 0.1) is 24.5 Å². The molecular formula is C20H23N5O2S. The Hall–Kier alpha value is -2.71. The summed E-state index contributed by atoms with van der Waals surface area (Å²) in [6.07, 6.45) is 0. The quantitative estimate of drug-likeness (QED) is 0.688. The Bertz CT molecular complexity index is 952. The monoisotopic (exact) mass is 397 g/mol. The van der Waals surface area contributed by atoms with Gasteiger partial charge in [-0.2, -0.15) is 8.75 Å². The molecule has 1 N–H and O–H groups in total. The van der Waals surface area contributed by atoms with E-state index in [-0.39, 0.29) is 5.91 Å². The number of nitrogens with zero attached hydrogens (tertiary/aromatic N) is 4. The summed E-state index contributed by atoms with van der Waals surface area (Å²) < 4.78 is 13.8. The van der Waals surface area contributed by atoms with Crippen molar-refractivity contribution in [3.05, 3.63) is 48.0 Å². The highest BCUT2D eigenvalue weighted by Gasteiger charge is 2.19. The van der Waals surface area contributed by atoms with Crippen molar-refractivity contribution in [3.63, 3.8) is 0 Å². The van der Waals surface area contributed by atoms with Gasteiger partial charge >= 0.3 is 0 Å². The third kappa shape index (κ3) is 4.07. The van der Waals surface area contributed by atoms with Crippen LogP contribution in [0.2, 0.25) is 0 Å². The molecule has 1 fully saturated rings. The predicted octanol–water partition coefficient (Wildman–Crippen LogP) is 2.25. The van der Waals surface area contributed by atoms with Gasteiger partial charge in [-0.05, 0) is 30.3 Å². The Morgan fingerprint density at radius 2 is 1.89 bits per heavy atom. The van der Waals surface area contributed by atoms with Gasteiger partial charge < -0.3 is 15.0 Å². The van der Waals surface area contributed by atoms with Crippen molar-refractivity contribution in [3.8, 4) is 5.75 Å². The molecule has 2 heterocycles. The number of hydrogen-bond donors (Lipinski definition) is 1. The maximum atomic E-state index is 12.4. The lowest BCUT2D eigenvalue weighted by Gasteiger charge is -2.36. The van der Waals surface area contributed by atoms with Crippen molar-refractivity contribution < 1.29 is 9.53 Å². The summed E-state index contributed by atoms with van der Waals surface area (Å²) in [5, 5.41) is 3.01. The zero-order chi connectivity index (χ0) is 19.3. The van der Waals surface area contributed by atoms with Crippen LogP contribution >= 0.6 is 11.7 Å². The molecule has 28 heavy (non-hydrogen) atoms. The summed E-state index contributed by atoms with van der Waals surface area (Å²) in [4.78, 5) is 17.1. The lowest BCUT2D eigenvalue weighted by atomic mass is 10.2. The number of benzene rings is 2. The summed E-state index contributed by atoms with van der Waals surface area (Å²) in [6.45, 7) is 5.28. The van der Waals surface area contributed by atoms with E-state index in [1.807, 2.05) is 24.3 Å². The summed E-state index contributed by atoms with van der Waals surface area (Å²) in [7, 11) is 1.71. The molecule has 0 saturated carbocycles. The maximum Gasteiger partial charge on any atom is 0.251 e. The Morgan fingerprint density at radius 1 is 1.11 bits per heavy atom. The second-order valence-corrected chi connectivity index (χ2v) is 7.25. The molecule has 1 aliphatic rings. The molecule has 2 aromatic carbocycles. The van der Waals surface area contributed by atoms with Crippen molar-refractivity contribution in [1.82, 2.24) is 19.0 Å². The van der Waals surface area contributed by atoms with Crippen molar-refractivity contribution in [2.45, 2.75) is 0 Å². The average molecular weight is 398 g/mol. The van der Waals surface area contributed by atoms with Crippen LogP contribution in [0.25, 0.3) is 11.0 Å². The van der Waals surface area contributed by atoms with E-state index >= 15 is 0 Å². The summed E-state index contributed by atoms with van der Waals surface area (Å²) in [5.41, 5.74) is 3.37. The van der Waals surface area contributed by atoms with E-state index in [1.165, 1.54) is 0 Å². The first-order chi connectivity index (χ1) is 13.7. The molecule has 146 valence electrons. The number of hydrogen-bond acceptors (Lipinski definition) is 7. The Morgan fingerprint density at radius 3 is 2.71 bits per heavy atom. The number of fused-ring (bicyclic) bond motifs is 1. The van der Waals surface area contributed by atoms with E-state index < -0.39 is 0 Å². The van der Waals surface area contributed by atoms with E-state index in [1.54, 1.807) is 19.2 Å². The fourth-order valence-electron chi connectivity index (χ4n) is 3.46. The van der Waals surface area contributed by atoms with Crippen molar-refractivity contribution in [2.75, 3.05) is 51.3 Å². The van der Waals surface area contributed by atoms with Gasteiger partial charge in [0.2, 0.25) is 0 Å². The molecular weight excluding hydrogens is 374 g/mol. The van der Waals surface area contributed by atoms with Gasteiger partial charge in [0, 0.05) is 44.8 Å². The van der Waals surface area contributed by atoms with Crippen molar-refractivity contribution >= 4 is 34.4 Å². The minimum absolute atomic E-state index is 0.0671. The number of rotatable bonds is 6. The van der Waals surface area contributed by atoms with E-state index in [2.05, 4.69) is 29.9 Å². The van der Waals surface area contributed by atoms with Gasteiger partial charge in [-0.3, -0.25) is 9.69 Å². The maximum absolute atomic E-state index is 12.4. The third-order valence-corrected chi connectivity index (χ3v) is 5.58. The molecule has 0 radical (unpaired) electrons. The molecule has 1 aliphatic heterocycles. The number of carbonyl (C=O) groups is 1. The molecule has 3 aromatic rings. The third-order valence-electron chi connectivity index (χ3n) is 5.03. The van der Waals surface area contributed by atoms with Crippen LogP contribution in [0.4, 0.5) is 5.69 Å². The number of anilines is 1. The minimum atomic E-state index is -0.0671. The van der Waals surface area contributed by atoms with Gasteiger partial charge in [-0.15, -0.1) is 0 Å². The van der Waals surface area contributed by atoms with Crippen LogP contribution in [-0.4, -0.2) is 65.9 Å². The molecule has 7 nitrogen and oxygen atoms in total. The molecule has 1 amide bonds. The SMILES string of the molecule is COc1ccccc1N1CCN(CCNC(=O)c2ccc3nsnc3c2)CC1.